The second-order valence-corrected chi connectivity index (χ2v) is 7.88. The fourth-order valence-corrected chi connectivity index (χ4v) is 4.01. The van der Waals surface area contributed by atoms with Gasteiger partial charge in [0.15, 0.2) is 11.5 Å². The van der Waals surface area contributed by atoms with Gasteiger partial charge in [-0.2, -0.15) is 0 Å². The number of carbonyl (C=O) groups excluding carboxylic acids is 1. The molecule has 0 spiro atoms. The van der Waals surface area contributed by atoms with Gasteiger partial charge in [0.05, 0.1) is 33.6 Å². The fraction of sp³-hybridized carbons (Fsp3) is 0.500. The molecule has 1 aliphatic carbocycles. The molecule has 0 radical (unpaired) electrons. The third-order valence-corrected chi connectivity index (χ3v) is 5.65. The van der Waals surface area contributed by atoms with Crippen molar-refractivity contribution < 1.29 is 28.5 Å². The molecule has 1 heterocycles. The average Bonchev–Trinajstić information content (AvgIpc) is 2.79. The first kappa shape index (κ1) is 22.9. The second kappa shape index (κ2) is 10.0. The number of ether oxygens (including phenoxy) is 5. The van der Waals surface area contributed by atoms with Crippen molar-refractivity contribution in [3.8, 4) is 28.6 Å². The van der Waals surface area contributed by atoms with Crippen LogP contribution in [0.25, 0.3) is 11.3 Å². The lowest BCUT2D eigenvalue weighted by Gasteiger charge is -2.31. The predicted molar refractivity (Wildman–Crippen MR) is 117 cm³/mol. The van der Waals surface area contributed by atoms with E-state index in [0.717, 1.165) is 35.2 Å². The summed E-state index contributed by atoms with van der Waals surface area (Å²) in [6.07, 6.45) is 1.61. The van der Waals surface area contributed by atoms with Crippen LogP contribution in [0.3, 0.4) is 0 Å². The third kappa shape index (κ3) is 4.61. The van der Waals surface area contributed by atoms with Gasteiger partial charge in [-0.1, -0.05) is 13.8 Å². The number of aromatic nitrogens is 1. The zero-order valence-electron chi connectivity index (χ0n) is 19.1. The van der Waals surface area contributed by atoms with E-state index in [-0.39, 0.29) is 11.8 Å². The summed E-state index contributed by atoms with van der Waals surface area (Å²) in [5.74, 6) is 1.68. The van der Waals surface area contributed by atoms with E-state index in [9.17, 15) is 4.79 Å². The van der Waals surface area contributed by atoms with Gasteiger partial charge < -0.3 is 23.7 Å². The molecule has 0 amide bonds. The number of hydrogen-bond donors (Lipinski definition) is 0. The molecular formula is C24H31NO6. The molecule has 1 unspecified atom stereocenters. The zero-order chi connectivity index (χ0) is 22.5. The SMILES string of the molecule is COCCCOc1cc2c(cc1OC)-c1nc(OC)c(C(=O)OC)cc1C(C(C)C)C2. The Balaban J connectivity index is 2.12. The Labute approximate surface area is 183 Å². The normalized spacial score (nSPS) is 14.6. The first-order valence-electron chi connectivity index (χ1n) is 10.4. The maximum absolute atomic E-state index is 12.3. The quantitative estimate of drug-likeness (QED) is 0.435. The molecule has 0 bridgehead atoms. The Kier molecular flexibility index (Phi) is 7.38. The van der Waals surface area contributed by atoms with Gasteiger partial charge in [0.25, 0.3) is 0 Å². The third-order valence-electron chi connectivity index (χ3n) is 5.65. The van der Waals surface area contributed by atoms with E-state index in [1.807, 2.05) is 18.2 Å². The molecule has 7 heteroatoms. The molecule has 0 saturated heterocycles. The van der Waals surface area contributed by atoms with E-state index in [1.54, 1.807) is 14.2 Å². The molecule has 1 aromatic carbocycles. The number of rotatable bonds is 9. The number of methoxy groups -OCH3 is 4. The largest absolute Gasteiger partial charge is 0.493 e. The molecule has 7 nitrogen and oxygen atoms in total. The summed E-state index contributed by atoms with van der Waals surface area (Å²) in [5.41, 5.74) is 4.24. The van der Waals surface area contributed by atoms with Gasteiger partial charge in [-0.3, -0.25) is 0 Å². The molecule has 0 N–H and O–H groups in total. The lowest BCUT2D eigenvalue weighted by atomic mass is 9.75. The number of nitrogens with zero attached hydrogens (tertiary/aromatic N) is 1. The highest BCUT2D eigenvalue weighted by Crippen LogP contribution is 2.47. The van der Waals surface area contributed by atoms with E-state index < -0.39 is 5.97 Å². The second-order valence-electron chi connectivity index (χ2n) is 7.88. The van der Waals surface area contributed by atoms with Crippen LogP contribution in [-0.2, 0) is 15.9 Å². The van der Waals surface area contributed by atoms with Crippen molar-refractivity contribution in [2.75, 3.05) is 41.7 Å². The van der Waals surface area contributed by atoms with Gasteiger partial charge in [-0.05, 0) is 47.6 Å². The van der Waals surface area contributed by atoms with Gasteiger partial charge >= 0.3 is 5.97 Å². The minimum Gasteiger partial charge on any atom is -0.493 e. The van der Waals surface area contributed by atoms with Crippen LogP contribution >= 0.6 is 0 Å². The van der Waals surface area contributed by atoms with Crippen molar-refractivity contribution >= 4 is 5.97 Å². The van der Waals surface area contributed by atoms with Crippen LogP contribution in [-0.4, -0.2) is 52.6 Å². The zero-order valence-corrected chi connectivity index (χ0v) is 19.1. The lowest BCUT2D eigenvalue weighted by molar-refractivity contribution is 0.0596. The van der Waals surface area contributed by atoms with Crippen molar-refractivity contribution in [3.63, 3.8) is 0 Å². The molecule has 0 aliphatic heterocycles. The Bertz CT molecular complexity index is 940. The summed E-state index contributed by atoms with van der Waals surface area (Å²) >= 11 is 0. The van der Waals surface area contributed by atoms with Crippen LogP contribution < -0.4 is 14.2 Å². The molecule has 3 rings (SSSR count). The summed E-state index contributed by atoms with van der Waals surface area (Å²) in [6, 6.07) is 5.87. The summed E-state index contributed by atoms with van der Waals surface area (Å²) < 4.78 is 27.0. The average molecular weight is 430 g/mol. The summed E-state index contributed by atoms with van der Waals surface area (Å²) in [5, 5.41) is 0. The van der Waals surface area contributed by atoms with Crippen LogP contribution in [0.1, 0.15) is 47.7 Å². The van der Waals surface area contributed by atoms with E-state index >= 15 is 0 Å². The Morgan fingerprint density at radius 3 is 2.45 bits per heavy atom. The molecule has 168 valence electrons. The molecule has 0 fully saturated rings. The number of pyridine rings is 1. The highest BCUT2D eigenvalue weighted by molar-refractivity contribution is 5.93. The van der Waals surface area contributed by atoms with Gasteiger partial charge in [0.1, 0.15) is 5.56 Å². The number of esters is 1. The highest BCUT2D eigenvalue weighted by Gasteiger charge is 2.32. The fourth-order valence-electron chi connectivity index (χ4n) is 4.01. The van der Waals surface area contributed by atoms with Crippen LogP contribution in [0.2, 0.25) is 0 Å². The van der Waals surface area contributed by atoms with Crippen molar-refractivity contribution in [2.45, 2.75) is 32.6 Å². The van der Waals surface area contributed by atoms with Gasteiger partial charge in [-0.25, -0.2) is 9.78 Å². The monoisotopic (exact) mass is 429 g/mol. The predicted octanol–water partition coefficient (Wildman–Crippen LogP) is 4.26. The van der Waals surface area contributed by atoms with E-state index in [1.165, 1.54) is 14.2 Å². The van der Waals surface area contributed by atoms with Crippen molar-refractivity contribution in [1.82, 2.24) is 4.98 Å². The first-order chi connectivity index (χ1) is 14.9. The number of benzene rings is 1. The Morgan fingerprint density at radius 2 is 1.84 bits per heavy atom. The molecule has 2 aromatic rings. The molecule has 1 aromatic heterocycles. The molecule has 1 aliphatic rings. The molecule has 0 saturated carbocycles. The maximum atomic E-state index is 12.3. The van der Waals surface area contributed by atoms with Crippen LogP contribution in [0.4, 0.5) is 0 Å². The van der Waals surface area contributed by atoms with E-state index in [0.29, 0.717) is 36.2 Å². The number of hydrogen-bond acceptors (Lipinski definition) is 7. The summed E-state index contributed by atoms with van der Waals surface area (Å²) in [6.45, 7) is 5.53. The summed E-state index contributed by atoms with van der Waals surface area (Å²) in [4.78, 5) is 17.0. The number of carbonyl (C=O) groups is 1. The minimum absolute atomic E-state index is 0.194. The van der Waals surface area contributed by atoms with Crippen molar-refractivity contribution in [2.24, 2.45) is 5.92 Å². The standard InChI is InChI=1S/C24H31NO6/c1-14(2)16-10-15-11-21(31-9-7-8-27-3)20(28-4)13-17(15)22-18(16)12-19(24(26)30-6)23(25-22)29-5/h11-14,16H,7-10H2,1-6H3. The van der Waals surface area contributed by atoms with E-state index in [4.69, 9.17) is 28.7 Å². The van der Waals surface area contributed by atoms with E-state index in [2.05, 4.69) is 13.8 Å². The van der Waals surface area contributed by atoms with Crippen LogP contribution in [0.5, 0.6) is 17.4 Å². The lowest BCUT2D eigenvalue weighted by Crippen LogP contribution is -2.19. The van der Waals surface area contributed by atoms with Crippen LogP contribution in [0, 0.1) is 5.92 Å². The minimum atomic E-state index is -0.460. The summed E-state index contributed by atoms with van der Waals surface area (Å²) in [7, 11) is 6.16. The van der Waals surface area contributed by atoms with Crippen LogP contribution in [0.15, 0.2) is 18.2 Å². The molecule has 1 atom stereocenters. The molecule has 31 heavy (non-hydrogen) atoms. The van der Waals surface area contributed by atoms with Gasteiger partial charge in [0, 0.05) is 25.7 Å². The van der Waals surface area contributed by atoms with Gasteiger partial charge in [-0.15, -0.1) is 0 Å². The Morgan fingerprint density at radius 1 is 1.06 bits per heavy atom. The Hall–Kier alpha value is -2.80. The van der Waals surface area contributed by atoms with Gasteiger partial charge in [0.2, 0.25) is 5.88 Å². The molecular weight excluding hydrogens is 398 g/mol. The smallest absolute Gasteiger partial charge is 0.343 e. The van der Waals surface area contributed by atoms with Crippen molar-refractivity contribution in [3.05, 3.63) is 34.9 Å². The number of fused-ring (bicyclic) bond motifs is 3. The van der Waals surface area contributed by atoms with Crippen molar-refractivity contribution in [1.29, 1.82) is 0 Å². The topological polar surface area (TPSA) is 76.1 Å². The maximum Gasteiger partial charge on any atom is 0.343 e. The highest BCUT2D eigenvalue weighted by atomic mass is 16.5. The first-order valence-corrected chi connectivity index (χ1v) is 10.4.